The van der Waals surface area contributed by atoms with Crippen molar-refractivity contribution in [3.8, 4) is 0 Å². The van der Waals surface area contributed by atoms with Gasteiger partial charge in [-0.25, -0.2) is 4.79 Å². The van der Waals surface area contributed by atoms with E-state index in [4.69, 9.17) is 4.74 Å². The van der Waals surface area contributed by atoms with Crippen molar-refractivity contribution in [3.05, 3.63) is 64.2 Å². The van der Waals surface area contributed by atoms with E-state index in [0.717, 1.165) is 0 Å². The van der Waals surface area contributed by atoms with E-state index in [9.17, 15) is 24.5 Å². The molecule has 10 nitrogen and oxygen atoms in total. The molecule has 2 aromatic carbocycles. The largest absolute Gasteiger partial charge is 0.444 e. The standard InChI is InChI=1S/C21H22N4O6/c1-21(2,3)31-20(28)23-16-12-24(17-7-5-4-6-15(17)22-18(16)26)19(27)13-8-10-14(11-9-13)25(29)30/h4-11,16H,12H2,1-3H3,(H,22,26)(H,23,28). The summed E-state index contributed by atoms with van der Waals surface area (Å²) in [6.45, 7) is 4.93. The van der Waals surface area contributed by atoms with Crippen LogP contribution in [-0.2, 0) is 9.53 Å². The highest BCUT2D eigenvalue weighted by Crippen LogP contribution is 2.30. The Morgan fingerprint density at radius 2 is 1.81 bits per heavy atom. The van der Waals surface area contributed by atoms with Gasteiger partial charge in [0, 0.05) is 17.7 Å². The number of hydrogen-bond acceptors (Lipinski definition) is 6. The highest BCUT2D eigenvalue weighted by molar-refractivity contribution is 6.11. The Morgan fingerprint density at radius 3 is 2.42 bits per heavy atom. The highest BCUT2D eigenvalue weighted by atomic mass is 16.6. The minimum Gasteiger partial charge on any atom is -0.444 e. The van der Waals surface area contributed by atoms with Crippen molar-refractivity contribution in [3.63, 3.8) is 0 Å². The van der Waals surface area contributed by atoms with Crippen molar-refractivity contribution in [1.29, 1.82) is 0 Å². The van der Waals surface area contributed by atoms with E-state index in [-0.39, 0.29) is 17.8 Å². The van der Waals surface area contributed by atoms with Crippen LogP contribution >= 0.6 is 0 Å². The first-order valence-corrected chi connectivity index (χ1v) is 9.51. The SMILES string of the molecule is CC(C)(C)OC(=O)NC1CN(C(=O)c2ccc([N+](=O)[O-])cc2)c2ccccc2NC1=O. The van der Waals surface area contributed by atoms with Gasteiger partial charge in [0.05, 0.1) is 22.8 Å². The van der Waals surface area contributed by atoms with Gasteiger partial charge >= 0.3 is 6.09 Å². The zero-order valence-electron chi connectivity index (χ0n) is 17.2. The number of hydrogen-bond donors (Lipinski definition) is 2. The second-order valence-electron chi connectivity index (χ2n) is 7.92. The molecule has 0 fully saturated rings. The molecule has 1 aliphatic rings. The molecular formula is C21H22N4O6. The van der Waals surface area contributed by atoms with Crippen molar-refractivity contribution >= 4 is 35.0 Å². The van der Waals surface area contributed by atoms with E-state index in [2.05, 4.69) is 10.6 Å². The van der Waals surface area contributed by atoms with Gasteiger partial charge < -0.3 is 20.3 Å². The summed E-state index contributed by atoms with van der Waals surface area (Å²) in [6.07, 6.45) is -0.790. The fraction of sp³-hybridized carbons (Fsp3) is 0.286. The molecule has 0 saturated heterocycles. The van der Waals surface area contributed by atoms with Crippen LogP contribution in [0.5, 0.6) is 0 Å². The Hall–Kier alpha value is -3.95. The van der Waals surface area contributed by atoms with Crippen LogP contribution in [0, 0.1) is 10.1 Å². The van der Waals surface area contributed by atoms with Crippen LogP contribution in [0.25, 0.3) is 0 Å². The minimum absolute atomic E-state index is 0.144. The Bertz CT molecular complexity index is 1030. The number of rotatable bonds is 3. The van der Waals surface area contributed by atoms with E-state index in [1.165, 1.54) is 29.2 Å². The van der Waals surface area contributed by atoms with Crippen LogP contribution in [0.1, 0.15) is 31.1 Å². The number of carbonyl (C=O) groups is 3. The summed E-state index contributed by atoms with van der Waals surface area (Å²) in [5.41, 5.74) is 0.131. The van der Waals surface area contributed by atoms with Gasteiger partial charge in [-0.15, -0.1) is 0 Å². The van der Waals surface area contributed by atoms with Gasteiger partial charge in [-0.05, 0) is 45.0 Å². The second kappa shape index (κ2) is 8.42. The number of fused-ring (bicyclic) bond motifs is 1. The van der Waals surface area contributed by atoms with E-state index < -0.39 is 34.5 Å². The van der Waals surface area contributed by atoms with E-state index >= 15 is 0 Å². The molecule has 2 N–H and O–H groups in total. The summed E-state index contributed by atoms with van der Waals surface area (Å²) >= 11 is 0. The number of benzene rings is 2. The Kier molecular flexibility index (Phi) is 5.91. The summed E-state index contributed by atoms with van der Waals surface area (Å²) in [7, 11) is 0. The summed E-state index contributed by atoms with van der Waals surface area (Å²) in [6, 6.07) is 10.8. The number of carbonyl (C=O) groups excluding carboxylic acids is 3. The number of alkyl carbamates (subject to hydrolysis) is 1. The van der Waals surface area contributed by atoms with Gasteiger partial charge in [0.25, 0.3) is 11.6 Å². The number of anilines is 2. The molecule has 1 heterocycles. The molecule has 1 aliphatic heterocycles. The lowest BCUT2D eigenvalue weighted by atomic mass is 10.1. The monoisotopic (exact) mass is 426 g/mol. The molecule has 0 aliphatic carbocycles. The summed E-state index contributed by atoms with van der Waals surface area (Å²) in [5, 5.41) is 16.1. The van der Waals surface area contributed by atoms with Gasteiger partial charge in [-0.1, -0.05) is 12.1 Å². The molecule has 0 bridgehead atoms. The molecule has 3 rings (SSSR count). The van der Waals surface area contributed by atoms with Crippen molar-refractivity contribution in [2.75, 3.05) is 16.8 Å². The van der Waals surface area contributed by atoms with E-state index in [0.29, 0.717) is 11.4 Å². The zero-order valence-corrected chi connectivity index (χ0v) is 17.2. The third kappa shape index (κ3) is 5.16. The molecule has 10 heteroatoms. The molecule has 1 atom stereocenters. The van der Waals surface area contributed by atoms with Gasteiger partial charge in [0.1, 0.15) is 11.6 Å². The summed E-state index contributed by atoms with van der Waals surface area (Å²) in [5.74, 6) is -0.979. The maximum Gasteiger partial charge on any atom is 0.408 e. The van der Waals surface area contributed by atoms with Crippen molar-refractivity contribution < 1.29 is 24.0 Å². The summed E-state index contributed by atoms with van der Waals surface area (Å²) in [4.78, 5) is 49.8. The number of non-ortho nitro benzene ring substituents is 1. The van der Waals surface area contributed by atoms with E-state index in [1.807, 2.05) is 0 Å². The molecule has 0 spiro atoms. The second-order valence-corrected chi connectivity index (χ2v) is 7.92. The number of nitrogens with one attached hydrogen (secondary N) is 2. The maximum atomic E-state index is 13.2. The predicted molar refractivity (Wildman–Crippen MR) is 113 cm³/mol. The van der Waals surface area contributed by atoms with Crippen LogP contribution in [0.15, 0.2) is 48.5 Å². The van der Waals surface area contributed by atoms with Crippen LogP contribution in [0.2, 0.25) is 0 Å². The van der Waals surface area contributed by atoms with Gasteiger partial charge in [0.2, 0.25) is 5.91 Å². The normalized spacial score (nSPS) is 15.9. The minimum atomic E-state index is -1.08. The first-order chi connectivity index (χ1) is 14.5. The number of ether oxygens (including phenoxy) is 1. The number of nitrogens with zero attached hydrogens (tertiary/aromatic N) is 2. The predicted octanol–water partition coefficient (Wildman–Crippen LogP) is 3.09. The quantitative estimate of drug-likeness (QED) is 0.573. The molecule has 0 aromatic heterocycles. The lowest BCUT2D eigenvalue weighted by Crippen LogP contribution is -2.51. The zero-order chi connectivity index (χ0) is 22.8. The van der Waals surface area contributed by atoms with Gasteiger partial charge in [-0.3, -0.25) is 19.7 Å². The molecule has 31 heavy (non-hydrogen) atoms. The fourth-order valence-electron chi connectivity index (χ4n) is 3.03. The number of nitro benzene ring substituents is 1. The van der Waals surface area contributed by atoms with Crippen LogP contribution in [-0.4, -0.2) is 41.0 Å². The number of amides is 3. The molecule has 0 saturated carbocycles. The van der Waals surface area contributed by atoms with E-state index in [1.54, 1.807) is 45.0 Å². The Balaban J connectivity index is 1.92. The molecule has 3 amide bonds. The molecule has 2 aromatic rings. The smallest absolute Gasteiger partial charge is 0.408 e. The van der Waals surface area contributed by atoms with Gasteiger partial charge in [-0.2, -0.15) is 0 Å². The first-order valence-electron chi connectivity index (χ1n) is 9.51. The third-order valence-corrected chi connectivity index (χ3v) is 4.40. The Morgan fingerprint density at radius 1 is 1.16 bits per heavy atom. The van der Waals surface area contributed by atoms with Crippen LogP contribution in [0.4, 0.5) is 21.9 Å². The topological polar surface area (TPSA) is 131 Å². The third-order valence-electron chi connectivity index (χ3n) is 4.40. The molecule has 162 valence electrons. The van der Waals surface area contributed by atoms with Gasteiger partial charge in [0.15, 0.2) is 0 Å². The van der Waals surface area contributed by atoms with Crippen molar-refractivity contribution in [1.82, 2.24) is 5.32 Å². The molecular weight excluding hydrogens is 404 g/mol. The molecule has 1 unspecified atom stereocenters. The van der Waals surface area contributed by atoms with Crippen molar-refractivity contribution in [2.24, 2.45) is 0 Å². The fourth-order valence-corrected chi connectivity index (χ4v) is 3.03. The number of nitro groups is 1. The molecule has 0 radical (unpaired) electrons. The number of para-hydroxylation sites is 2. The van der Waals surface area contributed by atoms with Crippen LogP contribution in [0.3, 0.4) is 0 Å². The average molecular weight is 426 g/mol. The lowest BCUT2D eigenvalue weighted by molar-refractivity contribution is -0.384. The summed E-state index contributed by atoms with van der Waals surface area (Å²) < 4.78 is 5.23. The van der Waals surface area contributed by atoms with Crippen molar-refractivity contribution in [2.45, 2.75) is 32.4 Å². The average Bonchev–Trinajstić information content (AvgIpc) is 2.82. The van der Waals surface area contributed by atoms with Crippen LogP contribution < -0.4 is 15.5 Å². The first kappa shape index (κ1) is 21.8. The lowest BCUT2D eigenvalue weighted by Gasteiger charge is -2.26. The maximum absolute atomic E-state index is 13.2. The highest BCUT2D eigenvalue weighted by Gasteiger charge is 2.33. The Labute approximate surface area is 178 Å².